The van der Waals surface area contributed by atoms with Crippen LogP contribution in [0.4, 0.5) is 4.39 Å². The summed E-state index contributed by atoms with van der Waals surface area (Å²) in [6, 6.07) is 8.66. The lowest BCUT2D eigenvalue weighted by Gasteiger charge is -2.27. The fourth-order valence-electron chi connectivity index (χ4n) is 4.16. The zero-order valence-electron chi connectivity index (χ0n) is 17.6. The van der Waals surface area contributed by atoms with Crippen LogP contribution < -0.4 is 4.74 Å². The number of rotatable bonds is 6. The van der Waals surface area contributed by atoms with E-state index >= 15 is 0 Å². The van der Waals surface area contributed by atoms with Crippen molar-refractivity contribution in [3.8, 4) is 11.5 Å². The van der Waals surface area contributed by atoms with Gasteiger partial charge in [0, 0.05) is 18.7 Å². The lowest BCUT2D eigenvalue weighted by atomic mass is 9.95. The number of halogens is 1. The van der Waals surface area contributed by atoms with Gasteiger partial charge in [-0.25, -0.2) is 4.39 Å². The van der Waals surface area contributed by atoms with Crippen molar-refractivity contribution in [1.29, 1.82) is 0 Å². The zero-order valence-corrected chi connectivity index (χ0v) is 17.6. The maximum Gasteiger partial charge on any atom is 0.295 e. The number of likely N-dealkylation sites (tertiary alicyclic amines) is 1. The topological polar surface area (TPSA) is 96.3 Å². The second-order valence-electron chi connectivity index (χ2n) is 7.75. The number of aliphatic hydroxyl groups excluding tert-OH is 1. The molecule has 0 unspecified atom stereocenters. The summed E-state index contributed by atoms with van der Waals surface area (Å²) in [6.07, 6.45) is 1.40. The lowest BCUT2D eigenvalue weighted by molar-refractivity contribution is -0.140. The molecule has 2 aromatic rings. The number of ketones is 1. The third-order valence-electron chi connectivity index (χ3n) is 5.68. The predicted octanol–water partition coefficient (Wildman–Crippen LogP) is 3.53. The van der Waals surface area contributed by atoms with Crippen molar-refractivity contribution in [3.63, 3.8) is 0 Å². The van der Waals surface area contributed by atoms with Gasteiger partial charge >= 0.3 is 0 Å². The number of carbonyl (C=O) groups is 2. The van der Waals surface area contributed by atoms with Crippen LogP contribution >= 0.6 is 0 Å². The molecule has 0 bridgehead atoms. The van der Waals surface area contributed by atoms with Gasteiger partial charge in [-0.15, -0.1) is 0 Å². The van der Waals surface area contributed by atoms with E-state index in [1.807, 2.05) is 0 Å². The number of benzene rings is 2. The van der Waals surface area contributed by atoms with E-state index in [4.69, 9.17) is 9.47 Å². The Morgan fingerprint density at radius 3 is 2.62 bits per heavy atom. The normalized spacial score (nSPS) is 22.5. The maximum absolute atomic E-state index is 13.4. The minimum atomic E-state index is -0.913. The van der Waals surface area contributed by atoms with Gasteiger partial charge < -0.3 is 24.6 Å². The fourth-order valence-corrected chi connectivity index (χ4v) is 4.16. The first kappa shape index (κ1) is 21.8. The highest BCUT2D eigenvalue weighted by atomic mass is 19.1. The third kappa shape index (κ3) is 4.05. The average molecular weight is 441 g/mol. The molecule has 7 nitrogen and oxygen atoms in total. The van der Waals surface area contributed by atoms with E-state index in [1.54, 1.807) is 19.1 Å². The van der Waals surface area contributed by atoms with Gasteiger partial charge in [-0.1, -0.05) is 6.07 Å². The number of amides is 1. The van der Waals surface area contributed by atoms with Crippen molar-refractivity contribution < 1.29 is 33.7 Å². The summed E-state index contributed by atoms with van der Waals surface area (Å²) in [4.78, 5) is 27.4. The molecule has 1 amide bonds. The minimum Gasteiger partial charge on any atom is -0.507 e. The van der Waals surface area contributed by atoms with Gasteiger partial charge in [0.25, 0.3) is 11.7 Å². The summed E-state index contributed by atoms with van der Waals surface area (Å²) in [5.74, 6) is -2.34. The van der Waals surface area contributed by atoms with Gasteiger partial charge in [-0.05, 0) is 61.7 Å². The number of phenols is 1. The van der Waals surface area contributed by atoms with Crippen LogP contribution in [0.25, 0.3) is 5.76 Å². The number of hydrogen-bond donors (Lipinski definition) is 2. The number of Topliss-reactive ketones (excluding diaryl/α,β-unsaturated/α-hetero) is 1. The Morgan fingerprint density at radius 2 is 1.97 bits per heavy atom. The van der Waals surface area contributed by atoms with Crippen LogP contribution in [0.15, 0.2) is 48.0 Å². The molecule has 2 aromatic carbocycles. The van der Waals surface area contributed by atoms with Gasteiger partial charge in [0.1, 0.15) is 11.6 Å². The monoisotopic (exact) mass is 441 g/mol. The van der Waals surface area contributed by atoms with E-state index in [-0.39, 0.29) is 35.3 Å². The van der Waals surface area contributed by atoms with Gasteiger partial charge in [-0.3, -0.25) is 9.59 Å². The summed E-state index contributed by atoms with van der Waals surface area (Å²) in [7, 11) is 0. The summed E-state index contributed by atoms with van der Waals surface area (Å²) in [6.45, 7) is 2.84. The Kier molecular flexibility index (Phi) is 6.14. The molecule has 0 saturated carbocycles. The Balaban J connectivity index is 1.84. The molecule has 4 rings (SSSR count). The summed E-state index contributed by atoms with van der Waals surface area (Å²) >= 11 is 0. The third-order valence-corrected chi connectivity index (χ3v) is 5.68. The van der Waals surface area contributed by atoms with Crippen molar-refractivity contribution in [3.05, 3.63) is 65.0 Å². The van der Waals surface area contributed by atoms with E-state index in [9.17, 15) is 24.2 Å². The Bertz CT molecular complexity index is 1060. The van der Waals surface area contributed by atoms with Crippen LogP contribution in [0.2, 0.25) is 0 Å². The largest absolute Gasteiger partial charge is 0.507 e. The summed E-state index contributed by atoms with van der Waals surface area (Å²) in [5.41, 5.74) is 0.607. The van der Waals surface area contributed by atoms with Crippen LogP contribution in [-0.2, 0) is 14.3 Å². The number of nitrogens with zero attached hydrogens (tertiary/aromatic N) is 1. The first-order valence-corrected chi connectivity index (χ1v) is 10.5. The molecule has 2 N–H and O–H groups in total. The van der Waals surface area contributed by atoms with Crippen LogP contribution in [0.5, 0.6) is 11.5 Å². The molecule has 2 heterocycles. The van der Waals surface area contributed by atoms with E-state index in [2.05, 4.69) is 0 Å². The SMILES string of the molecule is CCOc1cc([C@@H]2C(=C(O)c3ccc(F)cc3)C(=O)C(=O)N2C[C@@H]2CCCO2)ccc1O. The minimum absolute atomic E-state index is 0.0785. The summed E-state index contributed by atoms with van der Waals surface area (Å²) in [5, 5.41) is 21.1. The molecular formula is C24H24FNO6. The Morgan fingerprint density at radius 1 is 1.22 bits per heavy atom. The number of aromatic hydroxyl groups is 1. The van der Waals surface area contributed by atoms with Crippen molar-refractivity contribution >= 4 is 17.4 Å². The highest BCUT2D eigenvalue weighted by Crippen LogP contribution is 2.42. The standard InChI is InChI=1S/C24H24FNO6/c1-2-31-19-12-15(7-10-18(19)27)21-20(22(28)14-5-8-16(25)9-6-14)23(29)24(30)26(21)13-17-4-3-11-32-17/h5-10,12,17,21,27-28H,2-4,11,13H2,1H3/t17-,21+/m0/s1. The predicted molar refractivity (Wildman–Crippen MR) is 114 cm³/mol. The smallest absolute Gasteiger partial charge is 0.295 e. The van der Waals surface area contributed by atoms with Gasteiger partial charge in [0.15, 0.2) is 11.5 Å². The highest BCUT2D eigenvalue weighted by molar-refractivity contribution is 6.46. The van der Waals surface area contributed by atoms with Crippen LogP contribution in [-0.4, -0.2) is 52.7 Å². The fraction of sp³-hybridized carbons (Fsp3) is 0.333. The molecule has 0 radical (unpaired) electrons. The molecular weight excluding hydrogens is 417 g/mol. The van der Waals surface area contributed by atoms with Crippen LogP contribution in [0, 0.1) is 5.82 Å². The van der Waals surface area contributed by atoms with Gasteiger partial charge in [-0.2, -0.15) is 0 Å². The summed E-state index contributed by atoms with van der Waals surface area (Å²) < 4.78 is 24.5. The van der Waals surface area contributed by atoms with Crippen molar-refractivity contribution in [1.82, 2.24) is 4.90 Å². The number of carbonyl (C=O) groups excluding carboxylic acids is 2. The van der Waals surface area contributed by atoms with Crippen LogP contribution in [0.1, 0.15) is 36.9 Å². The van der Waals surface area contributed by atoms with Crippen LogP contribution in [0.3, 0.4) is 0 Å². The molecule has 2 fully saturated rings. The first-order chi connectivity index (χ1) is 15.4. The maximum atomic E-state index is 13.4. The number of ether oxygens (including phenoxy) is 2. The van der Waals surface area contributed by atoms with Crippen molar-refractivity contribution in [2.45, 2.75) is 31.9 Å². The van der Waals surface area contributed by atoms with E-state index in [0.29, 0.717) is 18.8 Å². The van der Waals surface area contributed by atoms with E-state index in [1.165, 1.54) is 35.2 Å². The zero-order chi connectivity index (χ0) is 22.8. The Hall–Kier alpha value is -3.39. The first-order valence-electron chi connectivity index (χ1n) is 10.5. The number of hydrogen-bond acceptors (Lipinski definition) is 6. The van der Waals surface area contributed by atoms with E-state index < -0.39 is 29.3 Å². The number of phenolic OH excluding ortho intramolecular Hbond substituents is 1. The second kappa shape index (κ2) is 9.00. The van der Waals surface area contributed by atoms with Gasteiger partial charge in [0.2, 0.25) is 0 Å². The molecule has 2 saturated heterocycles. The highest BCUT2D eigenvalue weighted by Gasteiger charge is 2.47. The van der Waals surface area contributed by atoms with Crippen molar-refractivity contribution in [2.75, 3.05) is 19.8 Å². The molecule has 0 aliphatic carbocycles. The Labute approximate surface area is 184 Å². The van der Waals surface area contributed by atoms with Gasteiger partial charge in [0.05, 0.1) is 24.3 Å². The molecule has 2 aliphatic heterocycles. The average Bonchev–Trinajstić information content (AvgIpc) is 3.38. The lowest BCUT2D eigenvalue weighted by Crippen LogP contribution is -2.36. The molecule has 2 atom stereocenters. The van der Waals surface area contributed by atoms with E-state index in [0.717, 1.165) is 12.8 Å². The molecule has 0 aromatic heterocycles. The quantitative estimate of drug-likeness (QED) is 0.405. The molecule has 32 heavy (non-hydrogen) atoms. The number of aliphatic hydroxyl groups is 1. The second-order valence-corrected chi connectivity index (χ2v) is 7.75. The molecule has 0 spiro atoms. The molecule has 2 aliphatic rings. The molecule has 168 valence electrons. The van der Waals surface area contributed by atoms with Crippen molar-refractivity contribution in [2.24, 2.45) is 0 Å². The molecule has 8 heteroatoms.